The van der Waals surface area contributed by atoms with Crippen molar-refractivity contribution in [2.75, 3.05) is 26.5 Å². The van der Waals surface area contributed by atoms with Crippen LogP contribution in [-0.2, 0) is 20.9 Å². The summed E-state index contributed by atoms with van der Waals surface area (Å²) in [4.78, 5) is 44.2. The van der Waals surface area contributed by atoms with Gasteiger partial charge in [-0.25, -0.2) is 13.8 Å². The van der Waals surface area contributed by atoms with Crippen LogP contribution in [0.1, 0.15) is 31.7 Å². The van der Waals surface area contributed by atoms with Gasteiger partial charge in [0.2, 0.25) is 0 Å². The standard InChI is InChI=1S/C21H26FN4O4S/c1-4-5-6-11-30-16(27)13-31-20-23-18-17(19(28)25(3)21(29)24(18)2)26(20)12-14-7-9-15(22)10-8-14/h7-10,17H,4-6,11-13H2,1-3H3/q+1. The van der Waals surface area contributed by atoms with Crippen molar-refractivity contribution in [2.45, 2.75) is 38.8 Å². The van der Waals surface area contributed by atoms with Crippen molar-refractivity contribution in [3.8, 4) is 0 Å². The molecule has 0 saturated carbocycles. The summed E-state index contributed by atoms with van der Waals surface area (Å²) in [5, 5.41) is 0.443. The molecule has 166 valence electrons. The van der Waals surface area contributed by atoms with E-state index < -0.39 is 18.0 Å². The molecule has 0 aromatic heterocycles. The number of hydrogen-bond acceptors (Lipinski definition) is 6. The molecule has 0 radical (unpaired) electrons. The number of hydrogen-bond donors (Lipinski definition) is 0. The Morgan fingerprint density at radius 3 is 2.58 bits per heavy atom. The van der Waals surface area contributed by atoms with Crippen molar-refractivity contribution >= 4 is 40.7 Å². The van der Waals surface area contributed by atoms with Gasteiger partial charge in [0.05, 0.1) is 6.61 Å². The minimum atomic E-state index is -0.791. The number of likely N-dealkylation sites (N-methyl/N-ethyl adjacent to an activating group) is 2. The van der Waals surface area contributed by atoms with Crippen LogP contribution in [0.2, 0.25) is 0 Å². The predicted molar refractivity (Wildman–Crippen MR) is 115 cm³/mol. The lowest BCUT2D eigenvalue weighted by molar-refractivity contribution is -0.548. The van der Waals surface area contributed by atoms with Crippen molar-refractivity contribution in [1.82, 2.24) is 9.80 Å². The molecular formula is C21H26FN4O4S+. The van der Waals surface area contributed by atoms with Crippen LogP contribution >= 0.6 is 11.8 Å². The van der Waals surface area contributed by atoms with Crippen molar-refractivity contribution < 1.29 is 28.1 Å². The molecule has 0 bridgehead atoms. The van der Waals surface area contributed by atoms with Gasteiger partial charge < -0.3 is 4.74 Å². The number of imide groups is 1. The topological polar surface area (TPSA) is 82.3 Å². The molecule has 1 atom stereocenters. The molecule has 1 aromatic rings. The Labute approximate surface area is 184 Å². The van der Waals surface area contributed by atoms with E-state index in [4.69, 9.17) is 4.74 Å². The van der Waals surface area contributed by atoms with Crippen molar-refractivity contribution in [3.63, 3.8) is 0 Å². The minimum Gasteiger partial charge on any atom is -0.465 e. The lowest BCUT2D eigenvalue weighted by Gasteiger charge is -2.30. The first-order chi connectivity index (χ1) is 14.8. The number of amidine groups is 2. The zero-order valence-corrected chi connectivity index (χ0v) is 18.7. The van der Waals surface area contributed by atoms with Crippen LogP contribution in [-0.4, -0.2) is 75.8 Å². The number of thioether (sulfide) groups is 1. The van der Waals surface area contributed by atoms with Crippen molar-refractivity contribution in [1.29, 1.82) is 0 Å². The Bertz CT molecular complexity index is 932. The number of urea groups is 1. The number of amides is 3. The van der Waals surface area contributed by atoms with E-state index in [0.29, 0.717) is 17.6 Å². The largest absolute Gasteiger partial charge is 0.465 e. The average molecular weight is 450 g/mol. The predicted octanol–water partition coefficient (Wildman–Crippen LogP) is 2.47. The number of fused-ring (bicyclic) bond motifs is 1. The summed E-state index contributed by atoms with van der Waals surface area (Å²) in [5.41, 5.74) is 0.771. The second-order valence-electron chi connectivity index (χ2n) is 7.36. The average Bonchev–Trinajstić information content (AvgIpc) is 3.12. The van der Waals surface area contributed by atoms with Crippen LogP contribution in [0.4, 0.5) is 9.18 Å². The fourth-order valence-electron chi connectivity index (χ4n) is 3.34. The number of ether oxygens (including phenoxy) is 1. The van der Waals surface area contributed by atoms with E-state index in [1.165, 1.54) is 24.1 Å². The van der Waals surface area contributed by atoms with Gasteiger partial charge in [0.25, 0.3) is 17.8 Å². The highest BCUT2D eigenvalue weighted by Gasteiger charge is 2.53. The number of unbranched alkanes of at least 4 members (excludes halogenated alkanes) is 2. The van der Waals surface area contributed by atoms with E-state index in [1.807, 2.05) is 0 Å². The van der Waals surface area contributed by atoms with E-state index in [-0.39, 0.29) is 24.1 Å². The van der Waals surface area contributed by atoms with Gasteiger partial charge in [-0.3, -0.25) is 19.4 Å². The van der Waals surface area contributed by atoms with Gasteiger partial charge in [-0.05, 0) is 40.9 Å². The molecule has 1 saturated heterocycles. The molecule has 0 aliphatic carbocycles. The first-order valence-corrected chi connectivity index (χ1v) is 11.1. The second-order valence-corrected chi connectivity index (χ2v) is 8.31. The molecule has 10 heteroatoms. The third kappa shape index (κ3) is 5.12. The molecule has 1 fully saturated rings. The number of aliphatic imine (C=N–C) groups is 1. The third-order valence-electron chi connectivity index (χ3n) is 5.09. The van der Waals surface area contributed by atoms with Crippen LogP contribution < -0.4 is 0 Å². The number of nitrogens with zero attached hydrogens (tertiary/aromatic N) is 4. The maximum Gasteiger partial charge on any atom is 0.358 e. The molecule has 0 N–H and O–H groups in total. The molecule has 1 aromatic carbocycles. The van der Waals surface area contributed by atoms with Crippen LogP contribution in [0.25, 0.3) is 0 Å². The van der Waals surface area contributed by atoms with Crippen molar-refractivity contribution in [3.05, 3.63) is 35.6 Å². The quantitative estimate of drug-likeness (QED) is 0.346. The summed E-state index contributed by atoms with van der Waals surface area (Å²) in [5.74, 6) is -0.772. The summed E-state index contributed by atoms with van der Waals surface area (Å²) in [7, 11) is 2.98. The van der Waals surface area contributed by atoms with Crippen molar-refractivity contribution in [2.24, 2.45) is 4.99 Å². The SMILES string of the molecule is CCCCCOC(=O)CSC1=[N+](Cc2ccc(F)cc2)C2C(=O)N(C)C(=O)N(C)C2=N1. The molecule has 1 unspecified atom stereocenters. The Hall–Kier alpha value is -2.75. The molecule has 2 aliphatic heterocycles. The normalized spacial score (nSPS) is 18.5. The molecule has 31 heavy (non-hydrogen) atoms. The summed E-state index contributed by atoms with van der Waals surface area (Å²) in [6.45, 7) is 2.72. The first-order valence-electron chi connectivity index (χ1n) is 10.1. The minimum absolute atomic E-state index is 0.0343. The van der Waals surface area contributed by atoms with Gasteiger partial charge >= 0.3 is 17.2 Å². The molecule has 0 spiro atoms. The number of rotatable bonds is 8. The lowest BCUT2D eigenvalue weighted by atomic mass is 10.1. The van der Waals surface area contributed by atoms with E-state index in [9.17, 15) is 18.8 Å². The van der Waals surface area contributed by atoms with E-state index >= 15 is 0 Å². The monoisotopic (exact) mass is 449 g/mol. The summed E-state index contributed by atoms with van der Waals surface area (Å²) >= 11 is 1.16. The van der Waals surface area contributed by atoms with E-state index in [1.54, 1.807) is 23.8 Å². The van der Waals surface area contributed by atoms with Crippen LogP contribution in [0.5, 0.6) is 0 Å². The Morgan fingerprint density at radius 2 is 1.90 bits per heavy atom. The summed E-state index contributed by atoms with van der Waals surface area (Å²) in [6, 6.07) is 4.69. The van der Waals surface area contributed by atoms with Gasteiger partial charge in [0.1, 0.15) is 18.1 Å². The van der Waals surface area contributed by atoms with Gasteiger partial charge in [0.15, 0.2) is 0 Å². The molecule has 2 aliphatic rings. The number of benzene rings is 1. The Kier molecular flexibility index (Phi) is 7.42. The highest BCUT2D eigenvalue weighted by Crippen LogP contribution is 2.24. The number of halogens is 1. The van der Waals surface area contributed by atoms with Crippen LogP contribution in [0.15, 0.2) is 29.3 Å². The number of carbonyl (C=O) groups excluding carboxylic acids is 3. The maximum absolute atomic E-state index is 13.3. The van der Waals surface area contributed by atoms with Crippen LogP contribution in [0.3, 0.4) is 0 Å². The molecular weight excluding hydrogens is 423 g/mol. The molecule has 3 amide bonds. The van der Waals surface area contributed by atoms with Gasteiger partial charge in [-0.1, -0.05) is 31.9 Å². The number of esters is 1. The van der Waals surface area contributed by atoms with E-state index in [0.717, 1.165) is 41.5 Å². The smallest absolute Gasteiger partial charge is 0.358 e. The summed E-state index contributed by atoms with van der Waals surface area (Å²) < 4.78 is 20.3. The summed E-state index contributed by atoms with van der Waals surface area (Å²) in [6.07, 6.45) is 2.85. The molecule has 3 rings (SSSR count). The maximum atomic E-state index is 13.3. The Morgan fingerprint density at radius 1 is 1.19 bits per heavy atom. The zero-order valence-electron chi connectivity index (χ0n) is 17.8. The Balaban J connectivity index is 1.81. The van der Waals surface area contributed by atoms with E-state index in [2.05, 4.69) is 11.9 Å². The lowest BCUT2D eigenvalue weighted by Crippen LogP contribution is -2.61. The van der Waals surface area contributed by atoms with Gasteiger partial charge in [-0.2, -0.15) is 0 Å². The van der Waals surface area contributed by atoms with Gasteiger partial charge in [-0.15, -0.1) is 0 Å². The fourth-order valence-corrected chi connectivity index (χ4v) is 4.16. The van der Waals surface area contributed by atoms with Crippen LogP contribution in [0, 0.1) is 5.82 Å². The first kappa shape index (κ1) is 22.9. The highest BCUT2D eigenvalue weighted by molar-refractivity contribution is 8.14. The number of carbonyl (C=O) groups is 3. The van der Waals surface area contributed by atoms with Gasteiger partial charge in [0, 0.05) is 14.1 Å². The second kappa shape index (κ2) is 10.0. The highest BCUT2D eigenvalue weighted by atomic mass is 32.2. The molecule has 2 heterocycles. The fraction of sp³-hybridized carbons (Fsp3) is 0.476. The molecule has 8 nitrogen and oxygen atoms in total. The zero-order chi connectivity index (χ0) is 22.5. The third-order valence-corrected chi connectivity index (χ3v) is 6.05.